The van der Waals surface area contributed by atoms with Crippen LogP contribution < -0.4 is 0 Å². The summed E-state index contributed by atoms with van der Waals surface area (Å²) >= 11 is 0. The molecule has 1 heterocycles. The maximum Gasteiger partial charge on any atom is 0.185 e. The molecule has 2 heteroatoms. The van der Waals surface area contributed by atoms with Crippen LogP contribution in [0.1, 0.15) is 28.7 Å². The fraction of sp³-hybridized carbons (Fsp3) is 0.0606. The first-order valence-electron chi connectivity index (χ1n) is 11.8. The number of ketones is 1. The summed E-state index contributed by atoms with van der Waals surface area (Å²) in [6.07, 6.45) is 7.88. The van der Waals surface area contributed by atoms with Crippen LogP contribution in [0.5, 0.6) is 0 Å². The molecule has 1 aliphatic heterocycles. The summed E-state index contributed by atoms with van der Waals surface area (Å²) in [4.78, 5) is 13.5. The number of hydrogen-bond donors (Lipinski definition) is 0. The molecular formula is C33H26O2. The van der Waals surface area contributed by atoms with E-state index in [1.54, 1.807) is 6.08 Å². The van der Waals surface area contributed by atoms with E-state index in [9.17, 15) is 4.79 Å². The predicted octanol–water partition coefficient (Wildman–Crippen LogP) is 7.60. The lowest BCUT2D eigenvalue weighted by Gasteiger charge is -2.31. The lowest BCUT2D eigenvalue weighted by atomic mass is 9.81. The Balaban J connectivity index is 1.57. The average Bonchev–Trinajstić information content (AvgIpc) is 3.34. The summed E-state index contributed by atoms with van der Waals surface area (Å²) < 4.78 is 6.77. The Morgan fingerprint density at radius 3 is 1.57 bits per heavy atom. The van der Waals surface area contributed by atoms with Crippen molar-refractivity contribution in [3.63, 3.8) is 0 Å². The number of carbonyl (C=O) groups is 1. The number of carbonyl (C=O) groups excluding carboxylic acids is 1. The highest BCUT2D eigenvalue weighted by Gasteiger charge is 2.44. The topological polar surface area (TPSA) is 26.3 Å². The van der Waals surface area contributed by atoms with Crippen LogP contribution in [-0.2, 0) is 15.1 Å². The van der Waals surface area contributed by atoms with Gasteiger partial charge in [-0.15, -0.1) is 0 Å². The normalized spacial score (nSPS) is 15.0. The van der Waals surface area contributed by atoms with Crippen LogP contribution in [0, 0.1) is 0 Å². The highest BCUT2D eigenvalue weighted by Crippen LogP contribution is 2.47. The zero-order valence-electron chi connectivity index (χ0n) is 19.4. The van der Waals surface area contributed by atoms with E-state index in [1.165, 1.54) is 0 Å². The minimum Gasteiger partial charge on any atom is -0.477 e. The molecule has 4 aromatic rings. The van der Waals surface area contributed by atoms with Crippen LogP contribution in [0.4, 0.5) is 0 Å². The van der Waals surface area contributed by atoms with Gasteiger partial charge in [0.25, 0.3) is 0 Å². The van der Waals surface area contributed by atoms with Gasteiger partial charge in [-0.25, -0.2) is 0 Å². The zero-order valence-corrected chi connectivity index (χ0v) is 19.4. The molecule has 5 rings (SSSR count). The van der Waals surface area contributed by atoms with E-state index >= 15 is 0 Å². The molecule has 0 aromatic heterocycles. The van der Waals surface area contributed by atoms with Gasteiger partial charge in [0.15, 0.2) is 11.4 Å². The van der Waals surface area contributed by atoms with Crippen molar-refractivity contribution < 1.29 is 9.53 Å². The Kier molecular flexibility index (Phi) is 6.54. The molecule has 0 radical (unpaired) electrons. The van der Waals surface area contributed by atoms with E-state index in [-0.39, 0.29) is 5.78 Å². The van der Waals surface area contributed by atoms with E-state index in [0.717, 1.165) is 22.3 Å². The van der Waals surface area contributed by atoms with Crippen molar-refractivity contribution in [1.29, 1.82) is 0 Å². The molecule has 0 fully saturated rings. The van der Waals surface area contributed by atoms with Gasteiger partial charge in [-0.1, -0.05) is 133 Å². The summed E-state index contributed by atoms with van der Waals surface area (Å²) in [5, 5.41) is 0. The molecule has 0 saturated heterocycles. The molecule has 0 saturated carbocycles. The van der Waals surface area contributed by atoms with Crippen molar-refractivity contribution >= 4 is 17.9 Å². The first-order chi connectivity index (χ1) is 17.2. The van der Waals surface area contributed by atoms with Gasteiger partial charge in [-0.3, -0.25) is 4.79 Å². The molecule has 1 aliphatic rings. The van der Waals surface area contributed by atoms with Crippen molar-refractivity contribution in [2.75, 3.05) is 0 Å². The van der Waals surface area contributed by atoms with E-state index < -0.39 is 5.60 Å². The number of ether oxygens (including phenoxy) is 1. The third-order valence-corrected chi connectivity index (χ3v) is 6.24. The van der Waals surface area contributed by atoms with E-state index in [2.05, 4.69) is 24.3 Å². The smallest absolute Gasteiger partial charge is 0.185 e. The number of rotatable bonds is 7. The third-order valence-electron chi connectivity index (χ3n) is 6.24. The number of hydrogen-bond acceptors (Lipinski definition) is 2. The van der Waals surface area contributed by atoms with Gasteiger partial charge in [-0.2, -0.15) is 0 Å². The van der Waals surface area contributed by atoms with Gasteiger partial charge in [0, 0.05) is 23.1 Å². The summed E-state index contributed by atoms with van der Waals surface area (Å²) in [6, 6.07) is 40.2. The molecule has 2 nitrogen and oxygen atoms in total. The largest absolute Gasteiger partial charge is 0.477 e. The van der Waals surface area contributed by atoms with Crippen molar-refractivity contribution in [3.8, 4) is 0 Å². The highest BCUT2D eigenvalue weighted by molar-refractivity contribution is 6.07. The van der Waals surface area contributed by atoms with Crippen LogP contribution in [0.2, 0.25) is 0 Å². The monoisotopic (exact) mass is 454 g/mol. The third kappa shape index (κ3) is 4.92. The summed E-state index contributed by atoms with van der Waals surface area (Å²) in [6.45, 7) is 0. The minimum absolute atomic E-state index is 0.0460. The van der Waals surface area contributed by atoms with Crippen molar-refractivity contribution in [2.45, 2.75) is 12.0 Å². The molecule has 0 aliphatic carbocycles. The Hall–Kier alpha value is -4.43. The second kappa shape index (κ2) is 10.2. The summed E-state index contributed by atoms with van der Waals surface area (Å²) in [5.74, 6) is 0.555. The molecule has 0 spiro atoms. The van der Waals surface area contributed by atoms with Crippen LogP contribution in [0.15, 0.2) is 145 Å². The Morgan fingerprint density at radius 2 is 1.06 bits per heavy atom. The molecule has 4 aromatic carbocycles. The predicted molar refractivity (Wildman–Crippen MR) is 142 cm³/mol. The first-order valence-corrected chi connectivity index (χ1v) is 11.8. The molecule has 170 valence electrons. The lowest BCUT2D eigenvalue weighted by Crippen LogP contribution is -2.27. The number of benzene rings is 4. The quantitative estimate of drug-likeness (QED) is 0.269. The molecule has 0 unspecified atom stereocenters. The van der Waals surface area contributed by atoms with Crippen molar-refractivity contribution in [3.05, 3.63) is 167 Å². The van der Waals surface area contributed by atoms with Crippen LogP contribution in [0.25, 0.3) is 12.2 Å². The Morgan fingerprint density at radius 1 is 0.600 bits per heavy atom. The van der Waals surface area contributed by atoms with Gasteiger partial charge in [0.2, 0.25) is 0 Å². The average molecular weight is 455 g/mol. The summed E-state index contributed by atoms with van der Waals surface area (Å²) in [5.41, 5.74) is 3.96. The SMILES string of the molecule is O=C(/C=C/c1ccccc1)C1=C(/C=C/c2ccccc2)OC(c2ccccc2)(c2ccccc2)C1. The van der Waals surface area contributed by atoms with Crippen LogP contribution in [-0.4, -0.2) is 5.78 Å². The Labute approximate surface area is 206 Å². The molecule has 0 amide bonds. The first kappa shape index (κ1) is 22.4. The second-order valence-corrected chi connectivity index (χ2v) is 8.53. The zero-order chi connectivity index (χ0) is 23.9. The highest BCUT2D eigenvalue weighted by atomic mass is 16.5. The maximum absolute atomic E-state index is 13.5. The standard InChI is InChI=1S/C33H26O2/c34-31(23-21-26-13-5-1-6-14-26)30-25-33(28-17-9-3-10-18-28,29-19-11-4-12-20-29)35-32(30)24-22-27-15-7-2-8-16-27/h1-24H,25H2/b23-21+,24-22+. The van der Waals surface area contributed by atoms with Gasteiger partial charge in [0.1, 0.15) is 5.76 Å². The second-order valence-electron chi connectivity index (χ2n) is 8.53. The van der Waals surface area contributed by atoms with Gasteiger partial charge in [0.05, 0.1) is 0 Å². The van der Waals surface area contributed by atoms with Crippen molar-refractivity contribution in [2.24, 2.45) is 0 Å². The fourth-order valence-corrected chi connectivity index (χ4v) is 4.44. The van der Waals surface area contributed by atoms with Gasteiger partial charge < -0.3 is 4.74 Å². The van der Waals surface area contributed by atoms with Crippen LogP contribution >= 0.6 is 0 Å². The van der Waals surface area contributed by atoms with Gasteiger partial charge >= 0.3 is 0 Å². The molecular weight excluding hydrogens is 428 g/mol. The summed E-state index contributed by atoms with van der Waals surface area (Å²) in [7, 11) is 0. The van der Waals surface area contributed by atoms with Crippen LogP contribution in [0.3, 0.4) is 0 Å². The van der Waals surface area contributed by atoms with E-state index in [0.29, 0.717) is 17.8 Å². The fourth-order valence-electron chi connectivity index (χ4n) is 4.44. The minimum atomic E-state index is -0.773. The van der Waals surface area contributed by atoms with Gasteiger partial charge in [-0.05, 0) is 23.3 Å². The maximum atomic E-state index is 13.5. The molecule has 35 heavy (non-hydrogen) atoms. The van der Waals surface area contributed by atoms with E-state index in [4.69, 9.17) is 4.74 Å². The van der Waals surface area contributed by atoms with Crippen molar-refractivity contribution in [1.82, 2.24) is 0 Å². The lowest BCUT2D eigenvalue weighted by molar-refractivity contribution is -0.111. The molecule has 0 bridgehead atoms. The van der Waals surface area contributed by atoms with E-state index in [1.807, 2.05) is 115 Å². The number of allylic oxidation sites excluding steroid dienone is 2. The Bertz CT molecular complexity index is 1330. The molecule has 0 N–H and O–H groups in total. The molecule has 0 atom stereocenters.